The summed E-state index contributed by atoms with van der Waals surface area (Å²) < 4.78 is 6.45. The van der Waals surface area contributed by atoms with Crippen LogP contribution in [-0.4, -0.2) is 16.7 Å². The summed E-state index contributed by atoms with van der Waals surface area (Å²) in [6.07, 6.45) is 2.44. The Morgan fingerprint density at radius 2 is 2.17 bits per heavy atom. The molecular weight excluding hydrogens is 272 g/mol. The van der Waals surface area contributed by atoms with E-state index in [-0.39, 0.29) is 16.5 Å². The molecule has 0 saturated carbocycles. The van der Waals surface area contributed by atoms with E-state index in [1.54, 1.807) is 11.3 Å². The van der Waals surface area contributed by atoms with Gasteiger partial charge >= 0.3 is 0 Å². The van der Waals surface area contributed by atoms with Gasteiger partial charge in [-0.1, -0.05) is 18.5 Å². The fraction of sp³-hybridized carbons (Fsp3) is 0.333. The summed E-state index contributed by atoms with van der Waals surface area (Å²) in [5.41, 5.74) is -0.260. The normalized spacial score (nSPS) is 10.6. The fourth-order valence-corrected chi connectivity index (χ4v) is 2.76. The van der Waals surface area contributed by atoms with E-state index in [0.29, 0.717) is 6.54 Å². The van der Waals surface area contributed by atoms with E-state index in [0.717, 1.165) is 11.3 Å². The molecule has 0 saturated heterocycles. The van der Waals surface area contributed by atoms with Gasteiger partial charge < -0.3 is 4.74 Å². The predicted octanol–water partition coefficient (Wildman–Crippen LogP) is 2.58. The summed E-state index contributed by atoms with van der Waals surface area (Å²) in [7, 11) is 1.41. The summed E-state index contributed by atoms with van der Waals surface area (Å²) in [6, 6.07) is 4.10. The Labute approximate surface area is 114 Å². The number of hydrogen-bond acceptors (Lipinski definition) is 4. The first-order chi connectivity index (χ1) is 8.65. The summed E-state index contributed by atoms with van der Waals surface area (Å²) >= 11 is 7.48. The number of thiophene rings is 1. The van der Waals surface area contributed by atoms with E-state index in [2.05, 4.69) is 18.0 Å². The molecule has 0 bridgehead atoms. The van der Waals surface area contributed by atoms with Gasteiger partial charge in [0.25, 0.3) is 5.56 Å². The predicted molar refractivity (Wildman–Crippen MR) is 72.9 cm³/mol. The van der Waals surface area contributed by atoms with Crippen molar-refractivity contribution in [3.63, 3.8) is 0 Å². The van der Waals surface area contributed by atoms with E-state index in [1.165, 1.54) is 22.9 Å². The van der Waals surface area contributed by atoms with Gasteiger partial charge in [0, 0.05) is 9.75 Å². The Bertz CT molecular complexity index is 606. The van der Waals surface area contributed by atoms with Crippen LogP contribution in [0, 0.1) is 0 Å². The van der Waals surface area contributed by atoms with Gasteiger partial charge in [-0.15, -0.1) is 11.3 Å². The minimum atomic E-state index is -0.260. The third-order valence-electron chi connectivity index (χ3n) is 2.55. The van der Waals surface area contributed by atoms with Gasteiger partial charge in [0.15, 0.2) is 5.15 Å². The van der Waals surface area contributed by atoms with Gasteiger partial charge in [0.1, 0.15) is 0 Å². The van der Waals surface area contributed by atoms with Crippen LogP contribution < -0.4 is 10.3 Å². The Morgan fingerprint density at radius 1 is 1.44 bits per heavy atom. The van der Waals surface area contributed by atoms with Crippen molar-refractivity contribution >= 4 is 22.9 Å². The number of nitrogens with zero attached hydrogens (tertiary/aromatic N) is 2. The molecule has 0 aliphatic rings. The zero-order chi connectivity index (χ0) is 13.1. The van der Waals surface area contributed by atoms with Crippen LogP contribution >= 0.6 is 22.9 Å². The van der Waals surface area contributed by atoms with Gasteiger partial charge in [0.2, 0.25) is 5.75 Å². The van der Waals surface area contributed by atoms with Crippen molar-refractivity contribution in [3.05, 3.63) is 43.7 Å². The van der Waals surface area contributed by atoms with Crippen molar-refractivity contribution in [2.24, 2.45) is 0 Å². The lowest BCUT2D eigenvalue weighted by Gasteiger charge is -2.06. The van der Waals surface area contributed by atoms with Crippen LogP contribution in [0.5, 0.6) is 5.75 Å². The van der Waals surface area contributed by atoms with Crippen molar-refractivity contribution < 1.29 is 4.74 Å². The maximum absolute atomic E-state index is 12.0. The molecule has 0 atom stereocenters. The largest absolute Gasteiger partial charge is 0.489 e. The van der Waals surface area contributed by atoms with Gasteiger partial charge in [-0.3, -0.25) is 9.36 Å². The molecule has 18 heavy (non-hydrogen) atoms. The topological polar surface area (TPSA) is 44.1 Å². The first-order valence-electron chi connectivity index (χ1n) is 5.52. The van der Waals surface area contributed by atoms with Crippen LogP contribution in [0.2, 0.25) is 5.15 Å². The van der Waals surface area contributed by atoms with Crippen LogP contribution in [0.3, 0.4) is 0 Å². The smallest absolute Gasteiger partial charge is 0.297 e. The second kappa shape index (κ2) is 5.54. The molecule has 4 nitrogen and oxygen atoms in total. The molecule has 0 N–H and O–H groups in total. The first-order valence-corrected chi connectivity index (χ1v) is 6.71. The zero-order valence-corrected chi connectivity index (χ0v) is 11.7. The maximum atomic E-state index is 12.0. The quantitative estimate of drug-likeness (QED) is 0.811. The molecular formula is C12H13ClN2O2S. The van der Waals surface area contributed by atoms with Crippen LogP contribution in [0.4, 0.5) is 0 Å². The molecule has 2 aromatic rings. The number of methoxy groups -OCH3 is 1. The van der Waals surface area contributed by atoms with Crippen molar-refractivity contribution in [1.82, 2.24) is 9.55 Å². The van der Waals surface area contributed by atoms with Crippen molar-refractivity contribution in [2.75, 3.05) is 7.11 Å². The molecule has 0 spiro atoms. The molecule has 2 aromatic heterocycles. The molecule has 0 fully saturated rings. The second-order valence-electron chi connectivity index (χ2n) is 3.72. The number of halogens is 1. The van der Waals surface area contributed by atoms with Gasteiger partial charge in [-0.25, -0.2) is 4.98 Å². The highest BCUT2D eigenvalue weighted by Crippen LogP contribution is 2.19. The van der Waals surface area contributed by atoms with E-state index < -0.39 is 0 Å². The minimum Gasteiger partial charge on any atom is -0.489 e. The number of hydrogen-bond donors (Lipinski definition) is 0. The van der Waals surface area contributed by atoms with Crippen LogP contribution in [0.15, 0.2) is 23.3 Å². The van der Waals surface area contributed by atoms with Gasteiger partial charge in [0.05, 0.1) is 20.0 Å². The van der Waals surface area contributed by atoms with E-state index in [4.69, 9.17) is 16.3 Å². The Morgan fingerprint density at radius 3 is 2.78 bits per heavy atom. The van der Waals surface area contributed by atoms with E-state index in [9.17, 15) is 4.79 Å². The average molecular weight is 285 g/mol. The highest BCUT2D eigenvalue weighted by atomic mass is 35.5. The first kappa shape index (κ1) is 13.1. The standard InChI is InChI=1S/C12H13ClN2O2S/c1-3-8-4-5-9(18-8)6-15-7-14-11(13)10(17-2)12(15)16/h4-5,7H,3,6H2,1-2H3. The Hall–Kier alpha value is -1.33. The van der Waals surface area contributed by atoms with Crippen LogP contribution in [0.1, 0.15) is 16.7 Å². The molecule has 0 radical (unpaired) electrons. The molecule has 96 valence electrons. The molecule has 0 unspecified atom stereocenters. The number of aryl methyl sites for hydroxylation is 1. The fourth-order valence-electron chi connectivity index (χ4n) is 1.60. The lowest BCUT2D eigenvalue weighted by molar-refractivity contribution is 0.401. The summed E-state index contributed by atoms with van der Waals surface area (Å²) in [5, 5.41) is 0.0965. The van der Waals surface area contributed by atoms with Gasteiger partial charge in [-0.2, -0.15) is 0 Å². The monoisotopic (exact) mass is 284 g/mol. The van der Waals surface area contributed by atoms with Crippen molar-refractivity contribution in [1.29, 1.82) is 0 Å². The van der Waals surface area contributed by atoms with Crippen molar-refractivity contribution in [3.8, 4) is 5.75 Å². The Kier molecular flexibility index (Phi) is 4.04. The van der Waals surface area contributed by atoms with Crippen LogP contribution in [-0.2, 0) is 13.0 Å². The number of aromatic nitrogens is 2. The molecule has 6 heteroatoms. The van der Waals surface area contributed by atoms with E-state index in [1.807, 2.05) is 6.07 Å². The molecule has 0 amide bonds. The lowest BCUT2D eigenvalue weighted by atomic mass is 10.3. The van der Waals surface area contributed by atoms with Gasteiger partial charge in [-0.05, 0) is 18.6 Å². The summed E-state index contributed by atoms with van der Waals surface area (Å²) in [6.45, 7) is 2.60. The van der Waals surface area contributed by atoms with Crippen molar-refractivity contribution in [2.45, 2.75) is 19.9 Å². The summed E-state index contributed by atoms with van der Waals surface area (Å²) in [4.78, 5) is 18.4. The highest BCUT2D eigenvalue weighted by Gasteiger charge is 2.11. The number of rotatable bonds is 4. The van der Waals surface area contributed by atoms with Crippen LogP contribution in [0.25, 0.3) is 0 Å². The summed E-state index contributed by atoms with van der Waals surface area (Å²) in [5.74, 6) is 0.0893. The zero-order valence-electron chi connectivity index (χ0n) is 10.1. The Balaban J connectivity index is 2.32. The third kappa shape index (κ3) is 2.57. The SMILES string of the molecule is CCc1ccc(Cn2cnc(Cl)c(OC)c2=O)s1. The average Bonchev–Trinajstić information content (AvgIpc) is 2.81. The maximum Gasteiger partial charge on any atom is 0.297 e. The minimum absolute atomic E-state index is 0.0893. The van der Waals surface area contributed by atoms with E-state index >= 15 is 0 Å². The highest BCUT2D eigenvalue weighted by molar-refractivity contribution is 7.11. The number of ether oxygens (including phenoxy) is 1. The molecule has 2 rings (SSSR count). The molecule has 0 aliphatic carbocycles. The third-order valence-corrected chi connectivity index (χ3v) is 4.03. The molecule has 0 aromatic carbocycles. The second-order valence-corrected chi connectivity index (χ2v) is 5.33. The molecule has 0 aliphatic heterocycles. The lowest BCUT2D eigenvalue weighted by Crippen LogP contribution is -2.22. The molecule has 2 heterocycles.